The summed E-state index contributed by atoms with van der Waals surface area (Å²) in [7, 11) is 0. The summed E-state index contributed by atoms with van der Waals surface area (Å²) in [6.07, 6.45) is 2.78. The lowest BCUT2D eigenvalue weighted by Gasteiger charge is -2.21. The standard InChI is InChI=1S/C10H17NO2/c1-8(2)7-11-10(12)9-5-3-4-6-13-9/h9H,1,3-7H2,2H3,(H,11,12). The van der Waals surface area contributed by atoms with E-state index in [0.29, 0.717) is 13.2 Å². The zero-order valence-corrected chi connectivity index (χ0v) is 8.14. The second kappa shape index (κ2) is 5.02. The number of hydrogen-bond acceptors (Lipinski definition) is 2. The number of hydrogen-bond donors (Lipinski definition) is 1. The largest absolute Gasteiger partial charge is 0.368 e. The molecular formula is C10H17NO2. The Kier molecular flexibility index (Phi) is 3.96. The molecule has 1 atom stereocenters. The first kappa shape index (κ1) is 10.3. The van der Waals surface area contributed by atoms with Crippen molar-refractivity contribution in [1.82, 2.24) is 5.32 Å². The van der Waals surface area contributed by atoms with Gasteiger partial charge in [-0.15, -0.1) is 0 Å². The molecule has 1 heterocycles. The predicted molar refractivity (Wildman–Crippen MR) is 51.4 cm³/mol. The molecule has 1 rings (SSSR count). The van der Waals surface area contributed by atoms with Gasteiger partial charge in [-0.05, 0) is 26.2 Å². The molecule has 1 unspecified atom stereocenters. The van der Waals surface area contributed by atoms with Crippen LogP contribution in [0, 0.1) is 0 Å². The van der Waals surface area contributed by atoms with Crippen molar-refractivity contribution >= 4 is 5.91 Å². The lowest BCUT2D eigenvalue weighted by Crippen LogP contribution is -2.38. The van der Waals surface area contributed by atoms with E-state index in [1.54, 1.807) is 0 Å². The third-order valence-electron chi connectivity index (χ3n) is 2.04. The maximum absolute atomic E-state index is 11.4. The first-order chi connectivity index (χ1) is 6.20. The Balaban J connectivity index is 2.25. The van der Waals surface area contributed by atoms with E-state index in [-0.39, 0.29) is 12.0 Å². The molecule has 1 N–H and O–H groups in total. The van der Waals surface area contributed by atoms with Gasteiger partial charge in [0.25, 0.3) is 0 Å². The van der Waals surface area contributed by atoms with Crippen LogP contribution in [0.5, 0.6) is 0 Å². The summed E-state index contributed by atoms with van der Waals surface area (Å²) in [5.74, 6) is 0.00250. The minimum absolute atomic E-state index is 0.00250. The maximum atomic E-state index is 11.4. The van der Waals surface area contributed by atoms with Crippen molar-refractivity contribution in [3.63, 3.8) is 0 Å². The first-order valence-corrected chi connectivity index (χ1v) is 4.74. The molecule has 3 nitrogen and oxygen atoms in total. The number of rotatable bonds is 3. The highest BCUT2D eigenvalue weighted by molar-refractivity contribution is 5.81. The highest BCUT2D eigenvalue weighted by Gasteiger charge is 2.20. The average Bonchev–Trinajstić information content (AvgIpc) is 2.15. The molecule has 1 saturated heterocycles. The second-order valence-electron chi connectivity index (χ2n) is 3.53. The van der Waals surface area contributed by atoms with Crippen molar-refractivity contribution in [3.05, 3.63) is 12.2 Å². The Morgan fingerprint density at radius 1 is 1.62 bits per heavy atom. The van der Waals surface area contributed by atoms with E-state index in [2.05, 4.69) is 11.9 Å². The van der Waals surface area contributed by atoms with Crippen molar-refractivity contribution in [2.75, 3.05) is 13.2 Å². The SMILES string of the molecule is C=C(C)CNC(=O)C1CCCCO1. The van der Waals surface area contributed by atoms with E-state index in [4.69, 9.17) is 4.74 Å². The normalized spacial score (nSPS) is 22.4. The third kappa shape index (κ3) is 3.59. The van der Waals surface area contributed by atoms with Gasteiger partial charge < -0.3 is 10.1 Å². The number of carbonyl (C=O) groups is 1. The zero-order chi connectivity index (χ0) is 9.68. The number of ether oxygens (including phenoxy) is 1. The lowest BCUT2D eigenvalue weighted by atomic mass is 10.1. The predicted octanol–water partition coefficient (Wildman–Crippen LogP) is 1.25. The summed E-state index contributed by atoms with van der Waals surface area (Å²) in [6, 6.07) is 0. The Morgan fingerprint density at radius 2 is 2.38 bits per heavy atom. The molecule has 0 saturated carbocycles. The third-order valence-corrected chi connectivity index (χ3v) is 2.04. The van der Waals surface area contributed by atoms with Crippen LogP contribution in [0.3, 0.4) is 0 Å². The van der Waals surface area contributed by atoms with Gasteiger partial charge in [-0.2, -0.15) is 0 Å². The molecule has 0 aliphatic carbocycles. The fraction of sp³-hybridized carbons (Fsp3) is 0.700. The smallest absolute Gasteiger partial charge is 0.249 e. The van der Waals surface area contributed by atoms with Gasteiger partial charge in [0, 0.05) is 13.2 Å². The minimum atomic E-state index is -0.229. The number of carbonyl (C=O) groups excluding carboxylic acids is 1. The molecular weight excluding hydrogens is 166 g/mol. The van der Waals surface area contributed by atoms with Crippen molar-refractivity contribution in [3.8, 4) is 0 Å². The Hall–Kier alpha value is -0.830. The topological polar surface area (TPSA) is 38.3 Å². The highest BCUT2D eigenvalue weighted by Crippen LogP contribution is 2.12. The summed E-state index contributed by atoms with van der Waals surface area (Å²) < 4.78 is 5.33. The van der Waals surface area contributed by atoms with Crippen molar-refractivity contribution in [2.24, 2.45) is 0 Å². The van der Waals surface area contributed by atoms with E-state index in [9.17, 15) is 4.79 Å². The number of nitrogens with one attached hydrogen (secondary N) is 1. The van der Waals surface area contributed by atoms with Gasteiger partial charge in [-0.1, -0.05) is 12.2 Å². The average molecular weight is 183 g/mol. The summed E-state index contributed by atoms with van der Waals surface area (Å²) in [5, 5.41) is 2.79. The van der Waals surface area contributed by atoms with Crippen LogP contribution in [0.2, 0.25) is 0 Å². The van der Waals surface area contributed by atoms with Crippen LogP contribution in [0.15, 0.2) is 12.2 Å². The minimum Gasteiger partial charge on any atom is -0.368 e. The van der Waals surface area contributed by atoms with Crippen LogP contribution < -0.4 is 5.32 Å². The molecule has 0 aromatic heterocycles. The molecule has 3 heteroatoms. The zero-order valence-electron chi connectivity index (χ0n) is 8.14. The van der Waals surface area contributed by atoms with E-state index >= 15 is 0 Å². The van der Waals surface area contributed by atoms with Crippen LogP contribution >= 0.6 is 0 Å². The monoisotopic (exact) mass is 183 g/mol. The molecule has 0 bridgehead atoms. The van der Waals surface area contributed by atoms with E-state index < -0.39 is 0 Å². The quantitative estimate of drug-likeness (QED) is 0.669. The molecule has 74 valence electrons. The van der Waals surface area contributed by atoms with Crippen LogP contribution in [0.1, 0.15) is 26.2 Å². The van der Waals surface area contributed by atoms with Gasteiger partial charge in [-0.3, -0.25) is 4.79 Å². The molecule has 1 aliphatic rings. The van der Waals surface area contributed by atoms with Gasteiger partial charge in [-0.25, -0.2) is 0 Å². The van der Waals surface area contributed by atoms with E-state index in [1.807, 2.05) is 6.92 Å². The Morgan fingerprint density at radius 3 is 2.92 bits per heavy atom. The molecule has 13 heavy (non-hydrogen) atoms. The van der Waals surface area contributed by atoms with E-state index in [0.717, 1.165) is 24.8 Å². The second-order valence-corrected chi connectivity index (χ2v) is 3.53. The highest BCUT2D eigenvalue weighted by atomic mass is 16.5. The molecule has 0 spiro atoms. The summed E-state index contributed by atoms with van der Waals surface area (Å²) in [5.41, 5.74) is 0.962. The first-order valence-electron chi connectivity index (χ1n) is 4.74. The van der Waals surface area contributed by atoms with Crippen LogP contribution in [-0.4, -0.2) is 25.2 Å². The van der Waals surface area contributed by atoms with Crippen LogP contribution in [-0.2, 0) is 9.53 Å². The van der Waals surface area contributed by atoms with Crippen molar-refractivity contribution in [1.29, 1.82) is 0 Å². The molecule has 1 aliphatic heterocycles. The van der Waals surface area contributed by atoms with Gasteiger partial charge in [0.2, 0.25) is 5.91 Å². The van der Waals surface area contributed by atoms with Crippen LogP contribution in [0.25, 0.3) is 0 Å². The molecule has 1 amide bonds. The fourth-order valence-corrected chi connectivity index (χ4v) is 1.30. The van der Waals surface area contributed by atoms with Gasteiger partial charge in [0.15, 0.2) is 0 Å². The summed E-state index contributed by atoms with van der Waals surface area (Å²) in [6.45, 7) is 6.88. The Bertz CT molecular complexity index is 195. The molecule has 0 aromatic carbocycles. The van der Waals surface area contributed by atoms with E-state index in [1.165, 1.54) is 0 Å². The van der Waals surface area contributed by atoms with Crippen molar-refractivity contribution < 1.29 is 9.53 Å². The molecule has 0 radical (unpaired) electrons. The van der Waals surface area contributed by atoms with Crippen molar-refractivity contribution in [2.45, 2.75) is 32.3 Å². The summed E-state index contributed by atoms with van der Waals surface area (Å²) >= 11 is 0. The maximum Gasteiger partial charge on any atom is 0.249 e. The van der Waals surface area contributed by atoms with Gasteiger partial charge in [0.1, 0.15) is 6.10 Å². The summed E-state index contributed by atoms with van der Waals surface area (Å²) in [4.78, 5) is 11.4. The van der Waals surface area contributed by atoms with Gasteiger partial charge >= 0.3 is 0 Å². The Labute approximate surface area is 79.2 Å². The number of amides is 1. The fourth-order valence-electron chi connectivity index (χ4n) is 1.30. The molecule has 1 fully saturated rings. The molecule has 0 aromatic rings. The van der Waals surface area contributed by atoms with Crippen LogP contribution in [0.4, 0.5) is 0 Å². The van der Waals surface area contributed by atoms with Gasteiger partial charge in [0.05, 0.1) is 0 Å². The lowest BCUT2D eigenvalue weighted by molar-refractivity contribution is -0.135.